The fourth-order valence-electron chi connectivity index (χ4n) is 1.76. The van der Waals surface area contributed by atoms with Crippen LogP contribution in [-0.4, -0.2) is 10.9 Å². The van der Waals surface area contributed by atoms with Gasteiger partial charge < -0.3 is 11.1 Å². The highest BCUT2D eigenvalue weighted by molar-refractivity contribution is 9.10. The fraction of sp³-hybridized carbons (Fsp3) is 0.0667. The molecule has 0 aliphatic rings. The highest BCUT2D eigenvalue weighted by Gasteiger charge is 2.10. The largest absolute Gasteiger partial charge is 0.389 e. The molecule has 0 aliphatic carbocycles. The highest BCUT2D eigenvalue weighted by atomic mass is 79.9. The van der Waals surface area contributed by atoms with E-state index in [2.05, 4.69) is 21.2 Å². The second-order valence-corrected chi connectivity index (χ2v) is 5.77. The first kappa shape index (κ1) is 15.6. The Morgan fingerprint density at radius 2 is 1.81 bits per heavy atom. The molecule has 0 aliphatic heterocycles. The Labute approximate surface area is 135 Å². The monoisotopic (exact) mass is 366 g/mol. The van der Waals surface area contributed by atoms with Gasteiger partial charge in [-0.1, -0.05) is 24.4 Å². The van der Waals surface area contributed by atoms with Crippen LogP contribution >= 0.6 is 28.1 Å². The summed E-state index contributed by atoms with van der Waals surface area (Å²) in [5, 5.41) is 2.74. The van der Waals surface area contributed by atoms with Crippen LogP contribution in [0.3, 0.4) is 0 Å². The van der Waals surface area contributed by atoms with E-state index < -0.39 is 0 Å². The van der Waals surface area contributed by atoms with Crippen LogP contribution in [0.2, 0.25) is 0 Å². The maximum absolute atomic E-state index is 13.4. The zero-order valence-electron chi connectivity index (χ0n) is 11.1. The van der Waals surface area contributed by atoms with E-state index in [0.717, 1.165) is 0 Å². The molecule has 0 saturated carbocycles. The number of rotatable bonds is 3. The molecule has 0 radical (unpaired) electrons. The molecule has 1 amide bonds. The summed E-state index contributed by atoms with van der Waals surface area (Å²) in [7, 11) is 0. The van der Waals surface area contributed by atoms with Crippen molar-refractivity contribution in [1.82, 2.24) is 0 Å². The van der Waals surface area contributed by atoms with Crippen molar-refractivity contribution < 1.29 is 9.18 Å². The minimum atomic E-state index is -0.369. The Kier molecular flexibility index (Phi) is 4.69. The molecular weight excluding hydrogens is 355 g/mol. The molecule has 0 saturated heterocycles. The molecular formula is C15H12BrFN2OS. The lowest BCUT2D eigenvalue weighted by atomic mass is 10.1. The Bertz CT molecular complexity index is 716. The third-order valence-corrected chi connectivity index (χ3v) is 3.79. The van der Waals surface area contributed by atoms with Crippen LogP contribution in [0.4, 0.5) is 10.1 Å². The molecule has 0 bridgehead atoms. The van der Waals surface area contributed by atoms with E-state index in [-0.39, 0.29) is 16.7 Å². The molecule has 6 heteroatoms. The van der Waals surface area contributed by atoms with Crippen LogP contribution in [0, 0.1) is 12.7 Å². The first-order chi connectivity index (χ1) is 9.88. The van der Waals surface area contributed by atoms with Crippen molar-refractivity contribution in [1.29, 1.82) is 0 Å². The number of carbonyl (C=O) groups is 1. The van der Waals surface area contributed by atoms with Crippen molar-refractivity contribution in [3.8, 4) is 0 Å². The van der Waals surface area contributed by atoms with Crippen LogP contribution in [0.25, 0.3) is 0 Å². The van der Waals surface area contributed by atoms with Gasteiger partial charge in [0.2, 0.25) is 0 Å². The topological polar surface area (TPSA) is 55.1 Å². The quantitative estimate of drug-likeness (QED) is 0.812. The van der Waals surface area contributed by atoms with E-state index in [0.29, 0.717) is 26.9 Å². The molecule has 0 fully saturated rings. The normalized spacial score (nSPS) is 10.2. The van der Waals surface area contributed by atoms with Gasteiger partial charge in [-0.3, -0.25) is 4.79 Å². The molecule has 3 N–H and O–H groups in total. The van der Waals surface area contributed by atoms with Gasteiger partial charge in [0.1, 0.15) is 10.8 Å². The van der Waals surface area contributed by atoms with Gasteiger partial charge in [0.25, 0.3) is 5.91 Å². The molecule has 2 aromatic rings. The van der Waals surface area contributed by atoms with Gasteiger partial charge in [-0.2, -0.15) is 0 Å². The lowest BCUT2D eigenvalue weighted by molar-refractivity contribution is 0.102. The zero-order valence-corrected chi connectivity index (χ0v) is 13.5. The van der Waals surface area contributed by atoms with Gasteiger partial charge >= 0.3 is 0 Å². The standard InChI is InChI=1S/C15H12BrFN2OS/c1-8-6-12(17)11(16)7-13(8)19-15(20)10-4-2-9(3-5-10)14(18)21/h2-7H,1H3,(H2,18,21)(H,19,20). The average Bonchev–Trinajstić information content (AvgIpc) is 2.44. The molecule has 2 aromatic carbocycles. The van der Waals surface area contributed by atoms with Crippen molar-refractivity contribution in [3.05, 3.63) is 63.4 Å². The van der Waals surface area contributed by atoms with E-state index in [9.17, 15) is 9.18 Å². The molecule has 0 heterocycles. The number of hydrogen-bond donors (Lipinski definition) is 2. The van der Waals surface area contributed by atoms with Crippen molar-refractivity contribution in [2.45, 2.75) is 6.92 Å². The van der Waals surface area contributed by atoms with Crippen molar-refractivity contribution in [2.24, 2.45) is 5.73 Å². The van der Waals surface area contributed by atoms with E-state index in [1.54, 1.807) is 31.2 Å². The number of nitrogens with one attached hydrogen (secondary N) is 1. The summed E-state index contributed by atoms with van der Waals surface area (Å²) in [6.45, 7) is 1.72. The molecule has 3 nitrogen and oxygen atoms in total. The lowest BCUT2D eigenvalue weighted by Crippen LogP contribution is -2.14. The van der Waals surface area contributed by atoms with Crippen LogP contribution in [0.5, 0.6) is 0 Å². The number of anilines is 1. The summed E-state index contributed by atoms with van der Waals surface area (Å²) < 4.78 is 13.7. The maximum atomic E-state index is 13.4. The summed E-state index contributed by atoms with van der Waals surface area (Å²) in [4.78, 5) is 12.4. The molecule has 2 rings (SSSR count). The van der Waals surface area contributed by atoms with Crippen molar-refractivity contribution in [3.63, 3.8) is 0 Å². The average molecular weight is 367 g/mol. The summed E-state index contributed by atoms with van der Waals surface area (Å²) in [5.74, 6) is -0.655. The van der Waals surface area contributed by atoms with Crippen molar-refractivity contribution >= 4 is 44.7 Å². The Hall–Kier alpha value is -1.79. The summed E-state index contributed by atoms with van der Waals surface area (Å²) in [6, 6.07) is 9.53. The predicted octanol–water partition coefficient (Wildman–Crippen LogP) is 3.78. The van der Waals surface area contributed by atoms with E-state index in [1.807, 2.05) is 0 Å². The van der Waals surface area contributed by atoms with E-state index in [4.69, 9.17) is 18.0 Å². The van der Waals surface area contributed by atoms with Gasteiger partial charge in [0, 0.05) is 16.8 Å². The number of amides is 1. The number of nitrogens with two attached hydrogens (primary N) is 1. The minimum absolute atomic E-state index is 0.278. The van der Waals surface area contributed by atoms with Crippen molar-refractivity contribution in [2.75, 3.05) is 5.32 Å². The molecule has 0 unspecified atom stereocenters. The van der Waals surface area contributed by atoms with Crippen LogP contribution < -0.4 is 11.1 Å². The third-order valence-electron chi connectivity index (χ3n) is 2.95. The first-order valence-electron chi connectivity index (χ1n) is 6.05. The van der Waals surface area contributed by atoms with Crippen LogP contribution in [0.1, 0.15) is 21.5 Å². The predicted molar refractivity (Wildman–Crippen MR) is 89.1 cm³/mol. The van der Waals surface area contributed by atoms with E-state index in [1.165, 1.54) is 12.1 Å². The second kappa shape index (κ2) is 6.32. The summed E-state index contributed by atoms with van der Waals surface area (Å²) in [6.07, 6.45) is 0. The number of thiocarbonyl (C=S) groups is 1. The smallest absolute Gasteiger partial charge is 0.255 e. The number of hydrogen-bond acceptors (Lipinski definition) is 2. The fourth-order valence-corrected chi connectivity index (χ4v) is 2.24. The SMILES string of the molecule is Cc1cc(F)c(Br)cc1NC(=O)c1ccc(C(N)=S)cc1. The van der Waals surface area contributed by atoms with Gasteiger partial charge in [-0.15, -0.1) is 0 Å². The number of carbonyl (C=O) groups excluding carboxylic acids is 1. The Balaban J connectivity index is 2.22. The van der Waals surface area contributed by atoms with Gasteiger partial charge in [0.05, 0.1) is 4.47 Å². The van der Waals surface area contributed by atoms with Crippen LogP contribution in [-0.2, 0) is 0 Å². The molecule has 0 atom stereocenters. The second-order valence-electron chi connectivity index (χ2n) is 4.48. The minimum Gasteiger partial charge on any atom is -0.389 e. The first-order valence-corrected chi connectivity index (χ1v) is 7.25. The van der Waals surface area contributed by atoms with Gasteiger partial charge in [-0.05, 0) is 52.7 Å². The number of halogens is 2. The lowest BCUT2D eigenvalue weighted by Gasteiger charge is -2.10. The third kappa shape index (κ3) is 3.65. The van der Waals surface area contributed by atoms with Gasteiger partial charge in [-0.25, -0.2) is 4.39 Å². The molecule has 0 aromatic heterocycles. The zero-order chi connectivity index (χ0) is 15.6. The molecule has 0 spiro atoms. The highest BCUT2D eigenvalue weighted by Crippen LogP contribution is 2.24. The summed E-state index contributed by atoms with van der Waals surface area (Å²) in [5.41, 5.74) is 7.86. The van der Waals surface area contributed by atoms with Gasteiger partial charge in [0.15, 0.2) is 0 Å². The van der Waals surface area contributed by atoms with E-state index >= 15 is 0 Å². The Morgan fingerprint density at radius 3 is 2.38 bits per heavy atom. The summed E-state index contributed by atoms with van der Waals surface area (Å²) >= 11 is 7.95. The maximum Gasteiger partial charge on any atom is 0.255 e. The molecule has 21 heavy (non-hydrogen) atoms. The Morgan fingerprint density at radius 1 is 1.24 bits per heavy atom. The number of aryl methyl sites for hydroxylation is 1. The molecule has 108 valence electrons. The number of benzene rings is 2. The van der Waals surface area contributed by atoms with Crippen LogP contribution in [0.15, 0.2) is 40.9 Å².